The highest BCUT2D eigenvalue weighted by Gasteiger charge is 2.38. The Balaban J connectivity index is 2.28. The van der Waals surface area contributed by atoms with Crippen LogP contribution in [-0.4, -0.2) is 35.7 Å². The van der Waals surface area contributed by atoms with E-state index in [1.54, 1.807) is 26.1 Å². The maximum absolute atomic E-state index is 12.9. The summed E-state index contributed by atoms with van der Waals surface area (Å²) in [5.74, 6) is -0.574. The number of aromatic hydroxyl groups is 1. The minimum absolute atomic E-state index is 0.0257. The molecule has 2 amide bonds. The fourth-order valence-corrected chi connectivity index (χ4v) is 3.45. The molecule has 0 fully saturated rings. The van der Waals surface area contributed by atoms with Crippen molar-refractivity contribution in [3.8, 4) is 5.75 Å². The van der Waals surface area contributed by atoms with E-state index >= 15 is 0 Å². The van der Waals surface area contributed by atoms with Gasteiger partial charge in [-0.1, -0.05) is 46.3 Å². The average Bonchev–Trinajstić information content (AvgIpc) is 2.66. The Morgan fingerprint density at radius 1 is 1.26 bits per heavy atom. The number of nitrogens with one attached hydrogen (secondary N) is 1. The first-order valence-electron chi connectivity index (χ1n) is 8.43. The van der Waals surface area contributed by atoms with Crippen LogP contribution in [-0.2, 0) is 9.53 Å². The molecule has 0 unspecified atom stereocenters. The second-order valence-electron chi connectivity index (χ2n) is 5.99. The van der Waals surface area contributed by atoms with Crippen molar-refractivity contribution in [2.45, 2.75) is 13.0 Å². The minimum Gasteiger partial charge on any atom is -0.508 e. The van der Waals surface area contributed by atoms with Gasteiger partial charge in [0.05, 0.1) is 23.9 Å². The van der Waals surface area contributed by atoms with Crippen LogP contribution in [0.5, 0.6) is 5.75 Å². The molecule has 2 N–H and O–H groups in total. The van der Waals surface area contributed by atoms with E-state index in [2.05, 4.69) is 21.2 Å². The molecule has 1 aliphatic rings. The Kier molecular flexibility index (Phi) is 5.51. The van der Waals surface area contributed by atoms with E-state index in [1.807, 2.05) is 30.3 Å². The van der Waals surface area contributed by atoms with E-state index in [9.17, 15) is 14.7 Å². The Bertz CT molecular complexity index is 911. The highest BCUT2D eigenvalue weighted by atomic mass is 79.9. The van der Waals surface area contributed by atoms with Crippen molar-refractivity contribution in [3.05, 3.63) is 69.7 Å². The highest BCUT2D eigenvalue weighted by molar-refractivity contribution is 9.10. The van der Waals surface area contributed by atoms with Crippen LogP contribution in [0.1, 0.15) is 24.1 Å². The number of urea groups is 1. The van der Waals surface area contributed by atoms with Gasteiger partial charge < -0.3 is 15.2 Å². The summed E-state index contributed by atoms with van der Waals surface area (Å²) in [5, 5.41) is 13.2. The summed E-state index contributed by atoms with van der Waals surface area (Å²) < 4.78 is 5.99. The number of amides is 2. The molecule has 0 bridgehead atoms. The van der Waals surface area contributed by atoms with Gasteiger partial charge in [-0.25, -0.2) is 9.59 Å². The number of hydrogen-bond donors (Lipinski definition) is 2. The molecule has 1 heterocycles. The molecule has 6 nitrogen and oxygen atoms in total. The Morgan fingerprint density at radius 2 is 1.96 bits per heavy atom. The molecule has 2 aromatic rings. The third kappa shape index (κ3) is 3.68. The van der Waals surface area contributed by atoms with Crippen molar-refractivity contribution in [2.75, 3.05) is 13.7 Å². The van der Waals surface area contributed by atoms with Gasteiger partial charge in [-0.2, -0.15) is 0 Å². The molecule has 27 heavy (non-hydrogen) atoms. The van der Waals surface area contributed by atoms with Gasteiger partial charge in [-0.05, 0) is 30.7 Å². The van der Waals surface area contributed by atoms with Crippen LogP contribution < -0.4 is 5.32 Å². The SMILES string of the molecule is CCOC(=O)C1=C(c2ccccc2)N(C)C(=O)N[C@H]1c1cc(Br)ccc1O. The first-order valence-corrected chi connectivity index (χ1v) is 9.22. The van der Waals surface area contributed by atoms with Gasteiger partial charge >= 0.3 is 12.0 Å². The Morgan fingerprint density at radius 3 is 2.63 bits per heavy atom. The molecule has 0 radical (unpaired) electrons. The normalized spacial score (nSPS) is 16.9. The van der Waals surface area contributed by atoms with Gasteiger partial charge in [0.1, 0.15) is 5.75 Å². The number of nitrogens with zero attached hydrogens (tertiary/aromatic N) is 1. The predicted molar refractivity (Wildman–Crippen MR) is 105 cm³/mol. The second kappa shape index (κ2) is 7.84. The van der Waals surface area contributed by atoms with Crippen LogP contribution in [0.15, 0.2) is 58.6 Å². The van der Waals surface area contributed by atoms with Gasteiger partial charge in [-0.3, -0.25) is 4.90 Å². The Labute approximate surface area is 165 Å². The maximum Gasteiger partial charge on any atom is 0.338 e. The second-order valence-corrected chi connectivity index (χ2v) is 6.91. The highest BCUT2D eigenvalue weighted by Crippen LogP contribution is 2.39. The summed E-state index contributed by atoms with van der Waals surface area (Å²) in [5.41, 5.74) is 1.82. The maximum atomic E-state index is 12.9. The summed E-state index contributed by atoms with van der Waals surface area (Å²) in [4.78, 5) is 26.9. The van der Waals surface area contributed by atoms with Crippen LogP contribution in [0.2, 0.25) is 0 Å². The molecule has 0 saturated heterocycles. The molecule has 3 rings (SSSR count). The van der Waals surface area contributed by atoms with E-state index < -0.39 is 12.0 Å². The van der Waals surface area contributed by atoms with Crippen LogP contribution in [0, 0.1) is 0 Å². The summed E-state index contributed by atoms with van der Waals surface area (Å²) in [6.07, 6.45) is 0. The number of phenolic OH excluding ortho intramolecular Hbond substituents is 1. The zero-order chi connectivity index (χ0) is 19.6. The van der Waals surface area contributed by atoms with Crippen LogP contribution in [0.3, 0.4) is 0 Å². The fraction of sp³-hybridized carbons (Fsp3) is 0.200. The first kappa shape index (κ1) is 19.0. The molecule has 2 aromatic carbocycles. The number of hydrogen-bond acceptors (Lipinski definition) is 4. The number of esters is 1. The zero-order valence-electron chi connectivity index (χ0n) is 14.9. The fourth-order valence-electron chi connectivity index (χ4n) is 3.07. The lowest BCUT2D eigenvalue weighted by Gasteiger charge is -2.35. The molecule has 7 heteroatoms. The van der Waals surface area contributed by atoms with E-state index in [0.29, 0.717) is 21.3 Å². The van der Waals surface area contributed by atoms with Gasteiger partial charge in [0.15, 0.2) is 0 Å². The largest absolute Gasteiger partial charge is 0.508 e. The molecule has 0 spiro atoms. The Hall–Kier alpha value is -2.80. The summed E-state index contributed by atoms with van der Waals surface area (Å²) in [6.45, 7) is 1.91. The first-order chi connectivity index (χ1) is 12.9. The number of halogens is 1. The van der Waals surface area contributed by atoms with Crippen molar-refractivity contribution in [2.24, 2.45) is 0 Å². The van der Waals surface area contributed by atoms with Crippen molar-refractivity contribution in [1.82, 2.24) is 10.2 Å². The third-order valence-corrected chi connectivity index (χ3v) is 4.79. The third-order valence-electron chi connectivity index (χ3n) is 4.29. The van der Waals surface area contributed by atoms with Crippen molar-refractivity contribution in [3.63, 3.8) is 0 Å². The molecule has 140 valence electrons. The molecule has 0 saturated carbocycles. The predicted octanol–water partition coefficient (Wildman–Crippen LogP) is 3.83. The minimum atomic E-state index is -0.847. The lowest BCUT2D eigenvalue weighted by molar-refractivity contribution is -0.138. The molecular formula is C20H19BrN2O4. The standard InChI is InChI=1S/C20H19BrN2O4/c1-3-27-19(25)16-17(14-11-13(21)9-10-15(14)24)22-20(26)23(2)18(16)12-7-5-4-6-8-12/h4-11,17,24H,3H2,1-2H3,(H,22,26)/t17-/m0/s1. The quantitative estimate of drug-likeness (QED) is 0.722. The topological polar surface area (TPSA) is 78.9 Å². The monoisotopic (exact) mass is 430 g/mol. The smallest absolute Gasteiger partial charge is 0.338 e. The number of carbonyl (C=O) groups is 2. The van der Waals surface area contributed by atoms with Crippen LogP contribution >= 0.6 is 15.9 Å². The zero-order valence-corrected chi connectivity index (χ0v) is 16.5. The molecular weight excluding hydrogens is 412 g/mol. The van der Waals surface area contributed by atoms with E-state index in [0.717, 1.165) is 0 Å². The van der Waals surface area contributed by atoms with E-state index in [1.165, 1.54) is 11.0 Å². The molecule has 0 aliphatic carbocycles. The van der Waals surface area contributed by atoms with Gasteiger partial charge in [0.2, 0.25) is 0 Å². The van der Waals surface area contributed by atoms with E-state index in [4.69, 9.17) is 4.74 Å². The molecule has 1 atom stereocenters. The summed E-state index contributed by atoms with van der Waals surface area (Å²) in [7, 11) is 1.59. The molecule has 0 aromatic heterocycles. The number of carbonyl (C=O) groups excluding carboxylic acids is 2. The summed E-state index contributed by atoms with van der Waals surface area (Å²) >= 11 is 3.37. The average molecular weight is 431 g/mol. The summed E-state index contributed by atoms with van der Waals surface area (Å²) in [6, 6.07) is 12.8. The number of rotatable bonds is 4. The van der Waals surface area contributed by atoms with Crippen molar-refractivity contribution < 1.29 is 19.4 Å². The van der Waals surface area contributed by atoms with Gasteiger partial charge in [0.25, 0.3) is 0 Å². The number of benzene rings is 2. The van der Waals surface area contributed by atoms with Gasteiger partial charge in [-0.15, -0.1) is 0 Å². The van der Waals surface area contributed by atoms with Crippen LogP contribution in [0.25, 0.3) is 5.70 Å². The van der Waals surface area contributed by atoms with Gasteiger partial charge in [0, 0.05) is 17.1 Å². The molecule has 1 aliphatic heterocycles. The number of ether oxygens (including phenoxy) is 1. The van der Waals surface area contributed by atoms with Crippen molar-refractivity contribution >= 4 is 33.6 Å². The van der Waals surface area contributed by atoms with E-state index in [-0.39, 0.29) is 24.0 Å². The van der Waals surface area contributed by atoms with Crippen molar-refractivity contribution in [1.29, 1.82) is 0 Å². The lowest BCUT2D eigenvalue weighted by Crippen LogP contribution is -2.46. The number of phenols is 1. The lowest BCUT2D eigenvalue weighted by atomic mass is 9.91. The van der Waals surface area contributed by atoms with Crippen LogP contribution in [0.4, 0.5) is 4.79 Å².